The van der Waals surface area contributed by atoms with Crippen LogP contribution in [0.3, 0.4) is 0 Å². The molecule has 0 N–H and O–H groups in total. The molecule has 2 nitrogen and oxygen atoms in total. The first-order valence-corrected chi connectivity index (χ1v) is 22.3. The Labute approximate surface area is 356 Å². The number of allylic oxidation sites excluding steroid dienone is 2. The topological polar surface area (TPSA) is 25.3 Å². The Bertz CT molecular complexity index is 1400. The molecule has 0 unspecified atom stereocenters. The minimum Gasteiger partial charge on any atom is -0.493 e. The Balaban J connectivity index is 0.00000972. The second-order valence-electron chi connectivity index (χ2n) is 15.6. The van der Waals surface area contributed by atoms with Crippen molar-refractivity contribution >= 4 is 11.4 Å². The fraction of sp³-hybridized carbons (Fsp3) is 0.615. The van der Waals surface area contributed by atoms with Crippen LogP contribution in [0, 0.1) is 26.7 Å². The summed E-state index contributed by atoms with van der Waals surface area (Å²) in [6.07, 6.45) is 35.6. The van der Waals surface area contributed by atoms with Crippen molar-refractivity contribution in [1.82, 2.24) is 0 Å². The molecule has 0 bridgehead atoms. The van der Waals surface area contributed by atoms with Crippen LogP contribution in [0.15, 0.2) is 59.7 Å². The first-order chi connectivity index (χ1) is 25.6. The number of nitrogens with zero attached hydrogens (tertiary/aromatic N) is 2. The van der Waals surface area contributed by atoms with Crippen LogP contribution in [0.25, 0.3) is 16.9 Å². The molecule has 0 aromatic heterocycles. The third kappa shape index (κ3) is 20.1. The number of unbranched alkanes of at least 4 members (excludes halogenated alkanes) is 21. The van der Waals surface area contributed by atoms with E-state index in [1.165, 1.54) is 163 Å². The van der Waals surface area contributed by atoms with Crippen LogP contribution in [0.4, 0.5) is 0 Å². The molecule has 55 heavy (non-hydrogen) atoms. The molecule has 0 spiro atoms. The molecule has 1 aliphatic rings. The van der Waals surface area contributed by atoms with Gasteiger partial charge in [-0.1, -0.05) is 192 Å². The van der Waals surface area contributed by atoms with E-state index in [9.17, 15) is 5.53 Å². The van der Waals surface area contributed by atoms with E-state index in [-0.39, 0.29) is 35.3 Å². The van der Waals surface area contributed by atoms with Crippen molar-refractivity contribution in [3.63, 3.8) is 0 Å². The van der Waals surface area contributed by atoms with Gasteiger partial charge in [0.05, 0.1) is 0 Å². The standard InChI is InChI=1S/C50H76N2.2CH3.Pd/c1-5-9-13-15-16-17-18-19-20-21-22-23-24-25-26-27-30-37-47-48(36-28-11-7-3)50(46-35-31-34-44(42-46)33-29-14-10-6-2)52(51)49(47)45-40-38-43(39-41-45)32-12-8-4;;;/h31,34-35,38-42H,5-29,32-33,36H2,1-4H3;2*1H3;/q;2*-1;+2. The van der Waals surface area contributed by atoms with Gasteiger partial charge in [0, 0.05) is 23.1 Å². The van der Waals surface area contributed by atoms with Crippen molar-refractivity contribution in [3.05, 3.63) is 102 Å². The quantitative estimate of drug-likeness (QED) is 0.0256. The van der Waals surface area contributed by atoms with Gasteiger partial charge in [0.25, 0.3) is 0 Å². The van der Waals surface area contributed by atoms with E-state index >= 15 is 0 Å². The van der Waals surface area contributed by atoms with Crippen molar-refractivity contribution in [3.8, 4) is 11.8 Å². The van der Waals surface area contributed by atoms with Crippen LogP contribution < -0.4 is 0 Å². The Kier molecular flexibility index (Phi) is 32.5. The molecular formula is C52H82N2Pd. The van der Waals surface area contributed by atoms with Gasteiger partial charge in [-0.15, -0.1) is 0 Å². The molecule has 2 aromatic carbocycles. The molecule has 0 aliphatic carbocycles. The number of rotatable bonds is 29. The summed E-state index contributed by atoms with van der Waals surface area (Å²) in [5.74, 6) is 7.27. The van der Waals surface area contributed by atoms with Crippen LogP contribution in [-0.2, 0) is 33.3 Å². The summed E-state index contributed by atoms with van der Waals surface area (Å²) in [6, 6.07) is 17.8. The number of hydrogen-bond acceptors (Lipinski definition) is 0. The molecule has 1 aliphatic heterocycles. The summed E-state index contributed by atoms with van der Waals surface area (Å²) in [6.45, 7) is 9.09. The second-order valence-corrected chi connectivity index (χ2v) is 15.6. The normalized spacial score (nSPS) is 12.3. The molecular weight excluding hydrogens is 759 g/mol. The molecule has 0 saturated carbocycles. The minimum atomic E-state index is 0. The fourth-order valence-electron chi connectivity index (χ4n) is 7.68. The van der Waals surface area contributed by atoms with E-state index in [1.807, 2.05) is 0 Å². The van der Waals surface area contributed by atoms with Crippen molar-refractivity contribution in [2.75, 3.05) is 0 Å². The largest absolute Gasteiger partial charge is 2.00 e. The first kappa shape index (κ1) is 52.7. The maximum atomic E-state index is 12.1. The summed E-state index contributed by atoms with van der Waals surface area (Å²) in [5.41, 5.74) is 21.0. The Morgan fingerprint density at radius 3 is 1.51 bits per heavy atom. The van der Waals surface area contributed by atoms with Crippen molar-refractivity contribution in [1.29, 1.82) is 0 Å². The molecule has 2 aromatic rings. The predicted molar refractivity (Wildman–Crippen MR) is 241 cm³/mol. The summed E-state index contributed by atoms with van der Waals surface area (Å²) < 4.78 is 1.50. The average molecular weight is 842 g/mol. The van der Waals surface area contributed by atoms with Crippen LogP contribution in [0.1, 0.15) is 217 Å². The van der Waals surface area contributed by atoms with Gasteiger partial charge >= 0.3 is 20.4 Å². The average Bonchev–Trinajstić information content (AvgIpc) is 3.44. The van der Waals surface area contributed by atoms with Gasteiger partial charge < -0.3 is 20.4 Å². The molecule has 3 rings (SSSR count). The molecule has 0 atom stereocenters. The second kappa shape index (κ2) is 33.8. The van der Waals surface area contributed by atoms with E-state index in [1.54, 1.807) is 0 Å². The van der Waals surface area contributed by atoms with Gasteiger partial charge in [0.2, 0.25) is 11.4 Å². The zero-order valence-electron chi connectivity index (χ0n) is 36.6. The molecule has 0 fully saturated rings. The Morgan fingerprint density at radius 2 is 0.945 bits per heavy atom. The van der Waals surface area contributed by atoms with Gasteiger partial charge in [-0.3, -0.25) is 0 Å². The fourth-order valence-corrected chi connectivity index (χ4v) is 7.68. The van der Waals surface area contributed by atoms with Gasteiger partial charge in [-0.25, -0.2) is 4.70 Å². The molecule has 0 saturated heterocycles. The molecule has 3 heteroatoms. The smallest absolute Gasteiger partial charge is 0.493 e. The Morgan fingerprint density at radius 1 is 0.473 bits per heavy atom. The Hall–Kier alpha value is -2.26. The zero-order valence-corrected chi connectivity index (χ0v) is 38.2. The van der Waals surface area contributed by atoms with E-state index in [0.29, 0.717) is 0 Å². The van der Waals surface area contributed by atoms with E-state index in [2.05, 4.69) is 88.1 Å². The number of hydrogen-bond donors (Lipinski definition) is 0. The van der Waals surface area contributed by atoms with Gasteiger partial charge in [0.15, 0.2) is 0 Å². The summed E-state index contributed by atoms with van der Waals surface area (Å²) >= 11 is 0. The maximum absolute atomic E-state index is 12.1. The summed E-state index contributed by atoms with van der Waals surface area (Å²) in [4.78, 5) is 0. The van der Waals surface area contributed by atoms with Crippen molar-refractivity contribution < 1.29 is 25.1 Å². The van der Waals surface area contributed by atoms with Gasteiger partial charge in [-0.05, 0) is 80.3 Å². The monoisotopic (exact) mass is 841 g/mol. The van der Waals surface area contributed by atoms with Crippen LogP contribution in [0.2, 0.25) is 0 Å². The zero-order chi connectivity index (χ0) is 37.1. The number of benzene rings is 2. The van der Waals surface area contributed by atoms with E-state index < -0.39 is 0 Å². The van der Waals surface area contributed by atoms with E-state index in [0.717, 1.165) is 66.6 Å². The van der Waals surface area contributed by atoms with Crippen LogP contribution in [0.5, 0.6) is 0 Å². The third-order valence-corrected chi connectivity index (χ3v) is 11.0. The van der Waals surface area contributed by atoms with Gasteiger partial charge in [-0.2, -0.15) is 0 Å². The molecule has 0 amide bonds. The molecule has 0 radical (unpaired) electrons. The van der Waals surface area contributed by atoms with Crippen molar-refractivity contribution in [2.45, 2.75) is 207 Å². The summed E-state index contributed by atoms with van der Waals surface area (Å²) in [5, 5.41) is 0. The molecule has 1 heterocycles. The van der Waals surface area contributed by atoms with Crippen LogP contribution >= 0.6 is 0 Å². The third-order valence-electron chi connectivity index (χ3n) is 11.0. The number of aryl methyl sites for hydroxylation is 2. The molecule has 310 valence electrons. The first-order valence-electron chi connectivity index (χ1n) is 22.3. The predicted octanol–water partition coefficient (Wildman–Crippen LogP) is 17.1. The summed E-state index contributed by atoms with van der Waals surface area (Å²) in [7, 11) is 0. The van der Waals surface area contributed by atoms with Gasteiger partial charge in [0.1, 0.15) is 5.57 Å². The SMILES string of the molecule is CCCCCCCCCCCCCCCCCC#CC1=C(c2ccc(CCCC)cc2)[N+](=[N-])C(c2cccc(CCCCCC)c2)=C1CCCCC.[CH3-].[CH3-].[Pd+2]. The van der Waals surface area contributed by atoms with Crippen molar-refractivity contribution in [2.24, 2.45) is 0 Å². The minimum absolute atomic E-state index is 0. The van der Waals surface area contributed by atoms with E-state index in [4.69, 9.17) is 0 Å². The maximum Gasteiger partial charge on any atom is 2.00 e. The van der Waals surface area contributed by atoms with Crippen LogP contribution in [-0.4, -0.2) is 4.70 Å².